The summed E-state index contributed by atoms with van der Waals surface area (Å²) in [5.41, 5.74) is 3.21. The first-order valence-electron chi connectivity index (χ1n) is 10.9. The first kappa shape index (κ1) is 22.3. The van der Waals surface area contributed by atoms with Crippen LogP contribution in [0.15, 0.2) is 24.4 Å². The Labute approximate surface area is 178 Å². The van der Waals surface area contributed by atoms with E-state index in [2.05, 4.69) is 32.2 Å². The molecule has 1 aromatic heterocycles. The van der Waals surface area contributed by atoms with Crippen LogP contribution in [-0.2, 0) is 25.5 Å². The number of unbranched alkanes of at least 4 members (excludes halogenated alkanes) is 3. The van der Waals surface area contributed by atoms with Crippen molar-refractivity contribution in [2.24, 2.45) is 0 Å². The van der Waals surface area contributed by atoms with Gasteiger partial charge >= 0.3 is 5.97 Å². The standard InChI is InChI=1S/C23H33N3O4/c1-29-23(28)7-5-3-2-4-6-22(27)25-19-8-9-21-20(16-19)18(17-24-21)10-11-26-12-14-30-15-13-26/h8-9,16-17,24H,2-7,10-15H2,1H3,(H,25,27). The fourth-order valence-corrected chi connectivity index (χ4v) is 3.80. The number of anilines is 1. The number of carbonyl (C=O) groups is 2. The number of nitrogens with zero attached hydrogens (tertiary/aromatic N) is 1. The quantitative estimate of drug-likeness (QED) is 0.434. The number of methoxy groups -OCH3 is 1. The number of aromatic amines is 1. The van der Waals surface area contributed by atoms with Crippen LogP contribution >= 0.6 is 0 Å². The summed E-state index contributed by atoms with van der Waals surface area (Å²) in [6.07, 6.45) is 7.50. The molecule has 0 unspecified atom stereocenters. The lowest BCUT2D eigenvalue weighted by Crippen LogP contribution is -2.37. The van der Waals surface area contributed by atoms with Crippen LogP contribution in [0.3, 0.4) is 0 Å². The Morgan fingerprint density at radius 3 is 2.67 bits per heavy atom. The van der Waals surface area contributed by atoms with Crippen LogP contribution in [0.25, 0.3) is 10.9 Å². The second kappa shape index (κ2) is 11.7. The summed E-state index contributed by atoms with van der Waals surface area (Å²) in [4.78, 5) is 29.1. The van der Waals surface area contributed by atoms with Crippen molar-refractivity contribution in [1.82, 2.24) is 9.88 Å². The molecule has 1 fully saturated rings. The number of carbonyl (C=O) groups excluding carboxylic acids is 2. The predicted octanol–water partition coefficient (Wildman–Crippen LogP) is 3.49. The van der Waals surface area contributed by atoms with Gasteiger partial charge in [-0.1, -0.05) is 12.8 Å². The molecule has 2 heterocycles. The lowest BCUT2D eigenvalue weighted by Gasteiger charge is -2.26. The van der Waals surface area contributed by atoms with Crippen LogP contribution in [0.4, 0.5) is 5.69 Å². The summed E-state index contributed by atoms with van der Waals surface area (Å²) in [6.45, 7) is 4.63. The average molecular weight is 416 g/mol. The number of esters is 1. The molecule has 0 spiro atoms. The molecule has 1 aromatic carbocycles. The maximum Gasteiger partial charge on any atom is 0.305 e. The van der Waals surface area contributed by atoms with Crippen LogP contribution < -0.4 is 5.32 Å². The number of fused-ring (bicyclic) bond motifs is 1. The van der Waals surface area contributed by atoms with E-state index in [-0.39, 0.29) is 11.9 Å². The molecule has 0 bridgehead atoms. The van der Waals surface area contributed by atoms with Crippen LogP contribution in [0.2, 0.25) is 0 Å². The van der Waals surface area contributed by atoms with Gasteiger partial charge in [0.05, 0.1) is 20.3 Å². The van der Waals surface area contributed by atoms with Crippen molar-refractivity contribution in [2.45, 2.75) is 44.9 Å². The van der Waals surface area contributed by atoms with Crippen molar-refractivity contribution < 1.29 is 19.1 Å². The number of morpholine rings is 1. The molecular weight excluding hydrogens is 382 g/mol. The van der Waals surface area contributed by atoms with E-state index in [1.165, 1.54) is 18.1 Å². The predicted molar refractivity (Wildman–Crippen MR) is 118 cm³/mol. The van der Waals surface area contributed by atoms with Crippen LogP contribution in [0, 0.1) is 0 Å². The molecule has 164 valence electrons. The zero-order chi connectivity index (χ0) is 21.2. The summed E-state index contributed by atoms with van der Waals surface area (Å²) in [6, 6.07) is 6.03. The number of H-pyrrole nitrogens is 1. The molecule has 0 radical (unpaired) electrons. The van der Waals surface area contributed by atoms with Crippen molar-refractivity contribution in [2.75, 3.05) is 45.3 Å². The summed E-state index contributed by atoms with van der Waals surface area (Å²) < 4.78 is 10.0. The van der Waals surface area contributed by atoms with Crippen LogP contribution in [0.1, 0.15) is 44.1 Å². The third-order valence-corrected chi connectivity index (χ3v) is 5.61. The number of aromatic nitrogens is 1. The van der Waals surface area contributed by atoms with E-state index >= 15 is 0 Å². The summed E-state index contributed by atoms with van der Waals surface area (Å²) in [5, 5.41) is 4.19. The molecule has 1 aliphatic heterocycles. The Bertz CT molecular complexity index is 827. The van der Waals surface area contributed by atoms with Gasteiger partial charge in [-0.15, -0.1) is 0 Å². The van der Waals surface area contributed by atoms with E-state index in [0.717, 1.165) is 76.2 Å². The fourth-order valence-electron chi connectivity index (χ4n) is 3.80. The topological polar surface area (TPSA) is 83.7 Å². The monoisotopic (exact) mass is 415 g/mol. The van der Waals surface area contributed by atoms with Crippen LogP contribution in [0.5, 0.6) is 0 Å². The maximum absolute atomic E-state index is 12.3. The Morgan fingerprint density at radius 2 is 1.90 bits per heavy atom. The minimum Gasteiger partial charge on any atom is -0.469 e. The van der Waals surface area contributed by atoms with E-state index in [0.29, 0.717) is 12.8 Å². The van der Waals surface area contributed by atoms with Gasteiger partial charge < -0.3 is 19.8 Å². The number of nitrogens with one attached hydrogen (secondary N) is 2. The minimum absolute atomic E-state index is 0.0349. The molecule has 1 saturated heterocycles. The molecule has 7 heteroatoms. The molecule has 2 aromatic rings. The van der Waals surface area contributed by atoms with E-state index in [9.17, 15) is 9.59 Å². The molecule has 7 nitrogen and oxygen atoms in total. The lowest BCUT2D eigenvalue weighted by atomic mass is 10.1. The minimum atomic E-state index is -0.169. The molecule has 1 amide bonds. The summed E-state index contributed by atoms with van der Waals surface area (Å²) in [5.74, 6) is -0.134. The zero-order valence-electron chi connectivity index (χ0n) is 17.9. The highest BCUT2D eigenvalue weighted by atomic mass is 16.5. The number of ether oxygens (including phenoxy) is 2. The molecule has 0 aliphatic carbocycles. The van der Waals surface area contributed by atoms with E-state index in [1.54, 1.807) is 0 Å². The number of rotatable bonds is 11. The third kappa shape index (κ3) is 6.85. The number of amides is 1. The molecule has 0 atom stereocenters. The normalized spacial score (nSPS) is 14.7. The second-order valence-electron chi connectivity index (χ2n) is 7.82. The Hall–Kier alpha value is -2.38. The first-order valence-corrected chi connectivity index (χ1v) is 10.9. The summed E-state index contributed by atoms with van der Waals surface area (Å²) in [7, 11) is 1.41. The van der Waals surface area contributed by atoms with Gasteiger partial charge in [0.25, 0.3) is 0 Å². The van der Waals surface area contributed by atoms with Gasteiger partial charge in [0, 0.05) is 55.3 Å². The lowest BCUT2D eigenvalue weighted by molar-refractivity contribution is -0.140. The van der Waals surface area contributed by atoms with Gasteiger partial charge in [-0.3, -0.25) is 14.5 Å². The van der Waals surface area contributed by atoms with Crippen molar-refractivity contribution in [3.8, 4) is 0 Å². The Morgan fingerprint density at radius 1 is 1.13 bits per heavy atom. The highest BCUT2D eigenvalue weighted by molar-refractivity contribution is 5.94. The Balaban J connectivity index is 1.44. The maximum atomic E-state index is 12.3. The van der Waals surface area contributed by atoms with Gasteiger partial charge in [-0.2, -0.15) is 0 Å². The molecular formula is C23H33N3O4. The van der Waals surface area contributed by atoms with Crippen molar-refractivity contribution in [1.29, 1.82) is 0 Å². The smallest absolute Gasteiger partial charge is 0.305 e. The van der Waals surface area contributed by atoms with E-state index in [4.69, 9.17) is 4.74 Å². The van der Waals surface area contributed by atoms with Crippen molar-refractivity contribution in [3.05, 3.63) is 30.0 Å². The first-order chi connectivity index (χ1) is 14.7. The highest BCUT2D eigenvalue weighted by Crippen LogP contribution is 2.23. The Kier molecular flexibility index (Phi) is 8.71. The molecule has 1 aliphatic rings. The number of hydrogen-bond donors (Lipinski definition) is 2. The van der Waals surface area contributed by atoms with Gasteiger partial charge in [-0.05, 0) is 43.0 Å². The largest absolute Gasteiger partial charge is 0.469 e. The zero-order valence-corrected chi connectivity index (χ0v) is 17.9. The fraction of sp³-hybridized carbons (Fsp3) is 0.565. The number of hydrogen-bond acceptors (Lipinski definition) is 5. The van der Waals surface area contributed by atoms with Gasteiger partial charge in [0.2, 0.25) is 5.91 Å². The molecule has 30 heavy (non-hydrogen) atoms. The SMILES string of the molecule is COC(=O)CCCCCCC(=O)Nc1ccc2[nH]cc(CCN3CCOCC3)c2c1. The molecule has 2 N–H and O–H groups in total. The van der Waals surface area contributed by atoms with E-state index < -0.39 is 0 Å². The highest BCUT2D eigenvalue weighted by Gasteiger charge is 2.12. The number of benzene rings is 1. The van der Waals surface area contributed by atoms with Crippen molar-refractivity contribution >= 4 is 28.5 Å². The summed E-state index contributed by atoms with van der Waals surface area (Å²) >= 11 is 0. The second-order valence-corrected chi connectivity index (χ2v) is 7.82. The molecule has 3 rings (SSSR count). The van der Waals surface area contributed by atoms with Gasteiger partial charge in [-0.25, -0.2) is 0 Å². The van der Waals surface area contributed by atoms with E-state index in [1.807, 2.05) is 12.1 Å². The molecule has 0 saturated carbocycles. The van der Waals surface area contributed by atoms with Gasteiger partial charge in [0.1, 0.15) is 0 Å². The average Bonchev–Trinajstić information content (AvgIpc) is 3.17. The third-order valence-electron chi connectivity index (χ3n) is 5.61. The van der Waals surface area contributed by atoms with Crippen molar-refractivity contribution in [3.63, 3.8) is 0 Å². The van der Waals surface area contributed by atoms with Crippen LogP contribution in [-0.4, -0.2) is 61.7 Å². The van der Waals surface area contributed by atoms with Gasteiger partial charge in [0.15, 0.2) is 0 Å².